The summed E-state index contributed by atoms with van der Waals surface area (Å²) in [4.78, 5) is 37.4. The quantitative estimate of drug-likeness (QED) is 0.570. The van der Waals surface area contributed by atoms with Gasteiger partial charge < -0.3 is 25.2 Å². The van der Waals surface area contributed by atoms with Gasteiger partial charge in [-0.15, -0.1) is 11.8 Å². The Kier molecular flexibility index (Phi) is 6.90. The second-order valence-corrected chi connectivity index (χ2v) is 9.50. The molecule has 33 heavy (non-hydrogen) atoms. The van der Waals surface area contributed by atoms with E-state index in [0.717, 1.165) is 22.3 Å². The Morgan fingerprint density at radius 2 is 1.73 bits per heavy atom. The molecule has 0 radical (unpaired) electrons. The molecule has 3 N–H and O–H groups in total. The number of rotatable bonds is 7. The summed E-state index contributed by atoms with van der Waals surface area (Å²) in [5.41, 5.74) is 4.46. The number of thioether (sulfide) groups is 1. The molecule has 2 aromatic carbocycles. The molecule has 1 aliphatic carbocycles. The van der Waals surface area contributed by atoms with Crippen molar-refractivity contribution in [3.05, 3.63) is 59.7 Å². The minimum atomic E-state index is -1.15. The van der Waals surface area contributed by atoms with Crippen LogP contribution < -0.4 is 5.32 Å². The van der Waals surface area contributed by atoms with Crippen LogP contribution in [0.1, 0.15) is 30.4 Å². The molecule has 2 aliphatic rings. The molecule has 8 nitrogen and oxygen atoms in total. The normalized spacial score (nSPS) is 20.1. The molecule has 0 bridgehead atoms. The Balaban J connectivity index is 1.28. The standard InChI is InChI=1S/C24H26N2O6S/c1-14-26(21(13-33-14)23(29)30)22(28)10-15(27)11-25-24(31)32-12-20-18-8-4-2-6-16(18)17-7-3-5-9-19(17)20/h2-9,14-15,20-21,27H,10-13H2,1H3,(H,25,31)(H,29,30). The maximum absolute atomic E-state index is 12.5. The minimum Gasteiger partial charge on any atom is -0.480 e. The smallest absolute Gasteiger partial charge is 0.407 e. The van der Waals surface area contributed by atoms with Gasteiger partial charge in [0.1, 0.15) is 12.6 Å². The second-order valence-electron chi connectivity index (χ2n) is 8.15. The first-order chi connectivity index (χ1) is 15.9. The SMILES string of the molecule is CC1SCC(C(=O)O)N1C(=O)CC(O)CNC(=O)OCC1c2ccccc2-c2ccccc21. The first-order valence-corrected chi connectivity index (χ1v) is 11.8. The number of alkyl carbamates (subject to hydrolysis) is 1. The van der Waals surface area contributed by atoms with Gasteiger partial charge in [0.15, 0.2) is 0 Å². The molecule has 0 saturated carbocycles. The number of carbonyl (C=O) groups excluding carboxylic acids is 2. The van der Waals surface area contributed by atoms with E-state index in [1.165, 1.54) is 16.7 Å². The van der Waals surface area contributed by atoms with Crippen LogP contribution in [0.4, 0.5) is 4.79 Å². The van der Waals surface area contributed by atoms with Gasteiger partial charge in [-0.1, -0.05) is 48.5 Å². The maximum atomic E-state index is 12.5. The van der Waals surface area contributed by atoms with Gasteiger partial charge in [0.2, 0.25) is 5.91 Å². The lowest BCUT2D eigenvalue weighted by Crippen LogP contribution is -2.46. The Morgan fingerprint density at radius 3 is 2.33 bits per heavy atom. The van der Waals surface area contributed by atoms with E-state index in [2.05, 4.69) is 17.4 Å². The first-order valence-electron chi connectivity index (χ1n) is 10.8. The Morgan fingerprint density at radius 1 is 1.12 bits per heavy atom. The van der Waals surface area contributed by atoms with Crippen molar-refractivity contribution in [2.75, 3.05) is 18.9 Å². The molecule has 1 saturated heterocycles. The molecule has 3 atom stereocenters. The van der Waals surface area contributed by atoms with Crippen molar-refractivity contribution in [2.24, 2.45) is 0 Å². The van der Waals surface area contributed by atoms with Gasteiger partial charge in [-0.25, -0.2) is 9.59 Å². The third-order valence-electron chi connectivity index (χ3n) is 6.03. The molecular weight excluding hydrogens is 444 g/mol. The summed E-state index contributed by atoms with van der Waals surface area (Å²) in [6.07, 6.45) is -2.11. The third kappa shape index (κ3) is 4.84. The Labute approximate surface area is 195 Å². The number of carbonyl (C=O) groups is 3. The molecule has 4 rings (SSSR count). The largest absolute Gasteiger partial charge is 0.480 e. The zero-order valence-corrected chi connectivity index (χ0v) is 19.0. The number of aliphatic carboxylic acids is 1. The van der Waals surface area contributed by atoms with E-state index in [0.29, 0.717) is 5.75 Å². The van der Waals surface area contributed by atoms with E-state index >= 15 is 0 Å². The van der Waals surface area contributed by atoms with Crippen LogP contribution in [0.5, 0.6) is 0 Å². The van der Waals surface area contributed by atoms with Crippen LogP contribution in [0.3, 0.4) is 0 Å². The maximum Gasteiger partial charge on any atom is 0.407 e. The van der Waals surface area contributed by atoms with Gasteiger partial charge in [0.05, 0.1) is 17.9 Å². The minimum absolute atomic E-state index is 0.0724. The zero-order chi connectivity index (χ0) is 23.5. The summed E-state index contributed by atoms with van der Waals surface area (Å²) in [5.74, 6) is -1.28. The molecule has 174 valence electrons. The topological polar surface area (TPSA) is 116 Å². The predicted octanol–water partition coefficient (Wildman–Crippen LogP) is 2.65. The zero-order valence-electron chi connectivity index (χ0n) is 18.1. The molecule has 0 aromatic heterocycles. The van der Waals surface area contributed by atoms with Gasteiger partial charge >= 0.3 is 12.1 Å². The molecule has 3 unspecified atom stereocenters. The Hall–Kier alpha value is -3.04. The number of amides is 2. The van der Waals surface area contributed by atoms with Crippen molar-refractivity contribution in [3.63, 3.8) is 0 Å². The van der Waals surface area contributed by atoms with Crippen LogP contribution in [0.2, 0.25) is 0 Å². The number of fused-ring (bicyclic) bond motifs is 3. The van der Waals surface area contributed by atoms with E-state index in [4.69, 9.17) is 4.74 Å². The van der Waals surface area contributed by atoms with Gasteiger partial charge in [-0.05, 0) is 29.2 Å². The summed E-state index contributed by atoms with van der Waals surface area (Å²) in [5, 5.41) is 21.7. The molecule has 1 heterocycles. The van der Waals surface area contributed by atoms with E-state index in [1.54, 1.807) is 6.92 Å². The highest BCUT2D eigenvalue weighted by Crippen LogP contribution is 2.44. The van der Waals surface area contributed by atoms with Crippen molar-refractivity contribution in [1.82, 2.24) is 10.2 Å². The lowest BCUT2D eigenvalue weighted by molar-refractivity contribution is -0.149. The molecular formula is C24H26N2O6S. The third-order valence-corrected chi connectivity index (χ3v) is 7.25. The predicted molar refractivity (Wildman–Crippen MR) is 124 cm³/mol. The van der Waals surface area contributed by atoms with E-state index in [9.17, 15) is 24.6 Å². The average molecular weight is 471 g/mol. The molecule has 0 spiro atoms. The lowest BCUT2D eigenvalue weighted by atomic mass is 9.98. The summed E-state index contributed by atoms with van der Waals surface area (Å²) >= 11 is 1.38. The van der Waals surface area contributed by atoms with Crippen LogP contribution >= 0.6 is 11.8 Å². The van der Waals surface area contributed by atoms with Crippen molar-refractivity contribution in [3.8, 4) is 11.1 Å². The van der Waals surface area contributed by atoms with Crippen LogP contribution in [-0.4, -0.2) is 69.5 Å². The number of aliphatic hydroxyl groups is 1. The lowest BCUT2D eigenvalue weighted by Gasteiger charge is -2.26. The number of benzene rings is 2. The molecule has 2 amide bonds. The number of aliphatic hydroxyl groups excluding tert-OH is 1. The fourth-order valence-corrected chi connectivity index (χ4v) is 5.63. The van der Waals surface area contributed by atoms with Crippen LogP contribution in [0.25, 0.3) is 11.1 Å². The molecule has 1 fully saturated rings. The fourth-order valence-electron chi connectivity index (χ4n) is 4.44. The van der Waals surface area contributed by atoms with Crippen LogP contribution in [-0.2, 0) is 14.3 Å². The van der Waals surface area contributed by atoms with Crippen LogP contribution in [0.15, 0.2) is 48.5 Å². The van der Waals surface area contributed by atoms with Crippen molar-refractivity contribution in [1.29, 1.82) is 0 Å². The average Bonchev–Trinajstić information content (AvgIpc) is 3.34. The van der Waals surface area contributed by atoms with Crippen molar-refractivity contribution in [2.45, 2.75) is 36.8 Å². The Bertz CT molecular complexity index is 1020. The summed E-state index contributed by atoms with van der Waals surface area (Å²) in [7, 11) is 0. The van der Waals surface area contributed by atoms with Gasteiger partial charge in [-0.2, -0.15) is 0 Å². The number of nitrogens with zero attached hydrogens (tertiary/aromatic N) is 1. The number of hydrogen-bond acceptors (Lipinski definition) is 6. The van der Waals surface area contributed by atoms with Crippen molar-refractivity contribution >= 4 is 29.7 Å². The number of ether oxygens (including phenoxy) is 1. The highest BCUT2D eigenvalue weighted by atomic mass is 32.2. The highest BCUT2D eigenvalue weighted by molar-refractivity contribution is 8.00. The number of carboxylic acids is 1. The molecule has 9 heteroatoms. The van der Waals surface area contributed by atoms with Crippen LogP contribution in [0, 0.1) is 0 Å². The van der Waals surface area contributed by atoms with Gasteiger partial charge in [-0.3, -0.25) is 4.79 Å². The van der Waals surface area contributed by atoms with E-state index in [-0.39, 0.29) is 30.9 Å². The summed E-state index contributed by atoms with van der Waals surface area (Å²) in [6.45, 7) is 1.74. The highest BCUT2D eigenvalue weighted by Gasteiger charge is 2.39. The van der Waals surface area contributed by atoms with Gasteiger partial charge in [0, 0.05) is 18.2 Å². The monoisotopic (exact) mass is 470 g/mol. The van der Waals surface area contributed by atoms with Gasteiger partial charge in [0.25, 0.3) is 0 Å². The molecule has 2 aromatic rings. The number of hydrogen-bond donors (Lipinski definition) is 3. The van der Waals surface area contributed by atoms with E-state index < -0.39 is 30.1 Å². The fraction of sp³-hybridized carbons (Fsp3) is 0.375. The summed E-state index contributed by atoms with van der Waals surface area (Å²) < 4.78 is 5.42. The first kappa shape index (κ1) is 23.1. The number of carboxylic acid groups (broad SMARTS) is 1. The summed E-state index contributed by atoms with van der Waals surface area (Å²) in [6, 6.07) is 15.1. The molecule has 1 aliphatic heterocycles. The second kappa shape index (κ2) is 9.84. The van der Waals surface area contributed by atoms with Crippen molar-refractivity contribution < 1.29 is 29.3 Å². The number of nitrogens with one attached hydrogen (secondary N) is 1. The van der Waals surface area contributed by atoms with E-state index in [1.807, 2.05) is 36.4 Å².